The third-order valence-corrected chi connectivity index (χ3v) is 6.31. The van der Waals surface area contributed by atoms with Gasteiger partial charge in [-0.15, -0.1) is 11.3 Å². The molecule has 1 aliphatic heterocycles. The molecule has 2 unspecified atom stereocenters. The maximum Gasteiger partial charge on any atom is 0.174 e. The largest absolute Gasteiger partial charge is 0.351 e. The van der Waals surface area contributed by atoms with Crippen molar-refractivity contribution in [1.29, 1.82) is 0 Å². The zero-order valence-corrected chi connectivity index (χ0v) is 16.7. The average molecular weight is 380 g/mol. The summed E-state index contributed by atoms with van der Waals surface area (Å²) in [6.07, 6.45) is 1.84. The van der Waals surface area contributed by atoms with E-state index in [2.05, 4.69) is 72.4 Å². The molecule has 0 spiro atoms. The molecule has 3 heterocycles. The zero-order chi connectivity index (χ0) is 18.3. The molecule has 0 saturated carbocycles. The van der Waals surface area contributed by atoms with Crippen LogP contribution in [0.4, 0.5) is 5.69 Å². The minimum Gasteiger partial charge on any atom is -0.351 e. The van der Waals surface area contributed by atoms with E-state index in [1.54, 1.807) is 0 Å². The van der Waals surface area contributed by atoms with Crippen LogP contribution < -0.4 is 10.2 Å². The van der Waals surface area contributed by atoms with Crippen LogP contribution in [0.2, 0.25) is 0 Å². The first-order valence-electron chi connectivity index (χ1n) is 8.69. The average Bonchev–Trinajstić information content (AvgIpc) is 3.21. The molecule has 132 valence electrons. The summed E-state index contributed by atoms with van der Waals surface area (Å²) in [5.41, 5.74) is 4.70. The second kappa shape index (κ2) is 6.82. The molecule has 0 amide bonds. The van der Waals surface area contributed by atoms with Crippen molar-refractivity contribution in [1.82, 2.24) is 10.3 Å². The van der Waals surface area contributed by atoms with Gasteiger partial charge >= 0.3 is 0 Å². The van der Waals surface area contributed by atoms with E-state index in [4.69, 9.17) is 12.2 Å². The van der Waals surface area contributed by atoms with Crippen LogP contribution in [0.3, 0.4) is 0 Å². The van der Waals surface area contributed by atoms with E-state index in [-0.39, 0.29) is 12.1 Å². The van der Waals surface area contributed by atoms with Gasteiger partial charge in [-0.05, 0) is 80.5 Å². The Kier molecular flexibility index (Phi) is 4.51. The Bertz CT molecular complexity index is 949. The monoisotopic (exact) mass is 379 g/mol. The molecule has 1 aliphatic rings. The first-order valence-corrected chi connectivity index (χ1v) is 9.91. The Labute approximate surface area is 163 Å². The lowest BCUT2D eigenvalue weighted by Crippen LogP contribution is -2.29. The maximum absolute atomic E-state index is 5.75. The Balaban J connectivity index is 1.83. The molecular formula is C21H21N3S2. The molecule has 3 nitrogen and oxygen atoms in total. The fourth-order valence-electron chi connectivity index (χ4n) is 3.41. The number of benzene rings is 1. The summed E-state index contributed by atoms with van der Waals surface area (Å²) < 4.78 is 0. The van der Waals surface area contributed by atoms with Crippen LogP contribution in [0.15, 0.2) is 54.7 Å². The summed E-state index contributed by atoms with van der Waals surface area (Å²) >= 11 is 7.57. The van der Waals surface area contributed by atoms with E-state index >= 15 is 0 Å². The fraction of sp³-hybridized carbons (Fsp3) is 0.238. The summed E-state index contributed by atoms with van der Waals surface area (Å²) in [7, 11) is 0. The van der Waals surface area contributed by atoms with Crippen molar-refractivity contribution >= 4 is 34.4 Å². The Morgan fingerprint density at radius 1 is 1.04 bits per heavy atom. The number of thiocarbonyl (C=S) groups is 1. The van der Waals surface area contributed by atoms with Gasteiger partial charge in [-0.1, -0.05) is 12.1 Å². The smallest absolute Gasteiger partial charge is 0.174 e. The lowest BCUT2D eigenvalue weighted by Gasteiger charge is -2.27. The summed E-state index contributed by atoms with van der Waals surface area (Å²) in [6.45, 7) is 6.42. The van der Waals surface area contributed by atoms with E-state index in [0.29, 0.717) is 0 Å². The number of pyridine rings is 1. The topological polar surface area (TPSA) is 28.2 Å². The fourth-order valence-corrected chi connectivity index (χ4v) is 4.76. The van der Waals surface area contributed by atoms with Crippen LogP contribution in [0, 0.1) is 20.8 Å². The quantitative estimate of drug-likeness (QED) is 0.630. The molecule has 0 bridgehead atoms. The van der Waals surface area contributed by atoms with Gasteiger partial charge in [0.25, 0.3) is 0 Å². The minimum atomic E-state index is 0.0309. The molecule has 0 aliphatic carbocycles. The third-order valence-electron chi connectivity index (χ3n) is 4.92. The van der Waals surface area contributed by atoms with Crippen LogP contribution in [-0.4, -0.2) is 10.1 Å². The minimum absolute atomic E-state index is 0.0309. The van der Waals surface area contributed by atoms with Crippen LogP contribution in [0.1, 0.15) is 38.7 Å². The van der Waals surface area contributed by atoms with Gasteiger partial charge in [0.2, 0.25) is 0 Å². The van der Waals surface area contributed by atoms with Crippen molar-refractivity contribution in [3.63, 3.8) is 0 Å². The van der Waals surface area contributed by atoms with Gasteiger partial charge in [0.1, 0.15) is 0 Å². The highest BCUT2D eigenvalue weighted by molar-refractivity contribution is 7.80. The summed E-state index contributed by atoms with van der Waals surface area (Å²) in [5.74, 6) is 0. The van der Waals surface area contributed by atoms with E-state index in [1.807, 2.05) is 29.7 Å². The predicted octanol–water partition coefficient (Wildman–Crippen LogP) is 5.25. The highest BCUT2D eigenvalue weighted by Gasteiger charge is 2.41. The number of nitrogens with zero attached hydrogens (tertiary/aromatic N) is 2. The molecule has 5 heteroatoms. The van der Waals surface area contributed by atoms with Crippen molar-refractivity contribution in [3.05, 3.63) is 81.3 Å². The van der Waals surface area contributed by atoms with E-state index < -0.39 is 0 Å². The number of aromatic nitrogens is 1. The molecule has 26 heavy (non-hydrogen) atoms. The van der Waals surface area contributed by atoms with Crippen LogP contribution >= 0.6 is 23.6 Å². The number of hydrogen-bond donors (Lipinski definition) is 1. The third kappa shape index (κ3) is 3.02. The molecular weight excluding hydrogens is 358 g/mol. The van der Waals surface area contributed by atoms with Crippen molar-refractivity contribution < 1.29 is 0 Å². The van der Waals surface area contributed by atoms with Crippen LogP contribution in [-0.2, 0) is 0 Å². The molecule has 1 N–H and O–H groups in total. The number of thiophene rings is 1. The maximum atomic E-state index is 5.75. The highest BCUT2D eigenvalue weighted by atomic mass is 32.1. The lowest BCUT2D eigenvalue weighted by atomic mass is 10.0. The zero-order valence-electron chi connectivity index (χ0n) is 15.1. The first-order chi connectivity index (χ1) is 12.5. The van der Waals surface area contributed by atoms with Crippen molar-refractivity contribution in [2.45, 2.75) is 32.9 Å². The number of nitrogens with one attached hydrogen (secondary N) is 1. The first kappa shape index (κ1) is 17.2. The Hall–Kier alpha value is -2.24. The molecule has 1 saturated heterocycles. The second-order valence-corrected chi connectivity index (χ2v) is 8.42. The van der Waals surface area contributed by atoms with Crippen LogP contribution in [0.5, 0.6) is 0 Å². The molecule has 2 aromatic heterocycles. The molecule has 0 radical (unpaired) electrons. The van der Waals surface area contributed by atoms with Gasteiger partial charge < -0.3 is 10.2 Å². The van der Waals surface area contributed by atoms with Gasteiger partial charge in [0.05, 0.1) is 17.8 Å². The molecule has 4 rings (SSSR count). The Morgan fingerprint density at radius 3 is 2.54 bits per heavy atom. The van der Waals surface area contributed by atoms with Crippen LogP contribution in [0.25, 0.3) is 0 Å². The SMILES string of the molecule is Cc1ccc(C2C(c3ccccn3)NC(=S)N2c2ccc(C)c(C)c2)s1. The molecule has 1 fully saturated rings. The number of rotatable bonds is 3. The molecule has 2 atom stereocenters. The number of aryl methyl sites for hydroxylation is 3. The predicted molar refractivity (Wildman–Crippen MR) is 113 cm³/mol. The van der Waals surface area contributed by atoms with Gasteiger partial charge in [-0.2, -0.15) is 0 Å². The van der Waals surface area contributed by atoms with Crippen molar-refractivity contribution in [3.8, 4) is 0 Å². The van der Waals surface area contributed by atoms with Crippen molar-refractivity contribution in [2.75, 3.05) is 4.90 Å². The standard InChI is InChI=1S/C21H21N3S2/c1-13-7-9-16(12-14(13)2)24-20(18-10-8-15(3)26-18)19(23-21(24)25)17-6-4-5-11-22-17/h4-12,19-20H,1-3H3,(H,23,25). The molecule has 3 aromatic rings. The van der Waals surface area contributed by atoms with Crippen molar-refractivity contribution in [2.24, 2.45) is 0 Å². The van der Waals surface area contributed by atoms with Gasteiger partial charge in [0.15, 0.2) is 5.11 Å². The Morgan fingerprint density at radius 2 is 1.88 bits per heavy atom. The van der Waals surface area contributed by atoms with Gasteiger partial charge in [0, 0.05) is 21.6 Å². The van der Waals surface area contributed by atoms with E-state index in [9.17, 15) is 0 Å². The van der Waals surface area contributed by atoms with Gasteiger partial charge in [-0.3, -0.25) is 4.98 Å². The lowest BCUT2D eigenvalue weighted by molar-refractivity contribution is 0.575. The highest BCUT2D eigenvalue weighted by Crippen LogP contribution is 2.43. The van der Waals surface area contributed by atoms with Gasteiger partial charge in [-0.25, -0.2) is 0 Å². The van der Waals surface area contributed by atoms with E-state index in [1.165, 1.54) is 20.9 Å². The number of anilines is 1. The second-order valence-electron chi connectivity index (χ2n) is 6.71. The normalized spacial score (nSPS) is 19.7. The summed E-state index contributed by atoms with van der Waals surface area (Å²) in [5, 5.41) is 4.26. The van der Waals surface area contributed by atoms with E-state index in [0.717, 1.165) is 16.5 Å². The number of hydrogen-bond acceptors (Lipinski definition) is 3. The molecule has 1 aromatic carbocycles. The summed E-state index contributed by atoms with van der Waals surface area (Å²) in [4.78, 5) is 9.43. The summed E-state index contributed by atoms with van der Waals surface area (Å²) in [6, 6.07) is 17.1.